The number of nitro groups is 1. The Kier molecular flexibility index (Phi) is 7.14. The van der Waals surface area contributed by atoms with E-state index >= 15 is 0 Å². The van der Waals surface area contributed by atoms with Gasteiger partial charge in [-0.2, -0.15) is 0 Å². The van der Waals surface area contributed by atoms with E-state index in [1.165, 1.54) is 35.6 Å². The van der Waals surface area contributed by atoms with Crippen LogP contribution in [0.4, 0.5) is 15.8 Å². The number of carbonyl (C=O) groups is 1. The molecule has 1 aromatic heterocycles. The zero-order valence-corrected chi connectivity index (χ0v) is 17.7. The highest BCUT2D eigenvalue weighted by Crippen LogP contribution is 2.38. The Morgan fingerprint density at radius 2 is 1.90 bits per heavy atom. The molecule has 1 heterocycles. The van der Waals surface area contributed by atoms with E-state index in [0.717, 1.165) is 0 Å². The number of anilines is 1. The number of nitrogens with zero attached hydrogens (tertiary/aromatic N) is 2. The van der Waals surface area contributed by atoms with Gasteiger partial charge in [-0.1, -0.05) is 12.1 Å². The summed E-state index contributed by atoms with van der Waals surface area (Å²) < 4.78 is 24.3. The Balaban J connectivity index is 1.79. The molecule has 8 nitrogen and oxygen atoms in total. The van der Waals surface area contributed by atoms with Crippen molar-refractivity contribution in [3.63, 3.8) is 0 Å². The summed E-state index contributed by atoms with van der Waals surface area (Å²) in [7, 11) is 0. The highest BCUT2D eigenvalue weighted by atomic mass is 32.1. The fraction of sp³-hybridized carbons (Fsp3) is 0.238. The van der Waals surface area contributed by atoms with Gasteiger partial charge in [-0.15, -0.1) is 11.3 Å². The van der Waals surface area contributed by atoms with E-state index < -0.39 is 10.8 Å². The maximum Gasteiger partial charge on any atom is 0.296 e. The predicted octanol–water partition coefficient (Wildman–Crippen LogP) is 4.84. The zero-order valence-electron chi connectivity index (χ0n) is 16.9. The van der Waals surface area contributed by atoms with Gasteiger partial charge in [-0.3, -0.25) is 14.9 Å². The highest BCUT2D eigenvalue weighted by Gasteiger charge is 2.22. The maximum absolute atomic E-state index is 13.4. The molecular weight excluding hydrogens is 425 g/mol. The van der Waals surface area contributed by atoms with Crippen LogP contribution in [0.15, 0.2) is 41.8 Å². The van der Waals surface area contributed by atoms with E-state index in [0.29, 0.717) is 35.2 Å². The molecule has 0 aliphatic carbocycles. The quantitative estimate of drug-likeness (QED) is 0.374. The number of nitro benzene ring substituents is 1. The van der Waals surface area contributed by atoms with Gasteiger partial charge in [0.1, 0.15) is 16.5 Å². The maximum atomic E-state index is 13.4. The first-order valence-corrected chi connectivity index (χ1v) is 10.4. The average Bonchev–Trinajstić information content (AvgIpc) is 3.18. The van der Waals surface area contributed by atoms with Crippen molar-refractivity contribution in [2.24, 2.45) is 0 Å². The van der Waals surface area contributed by atoms with Crippen LogP contribution in [0.25, 0.3) is 10.6 Å². The van der Waals surface area contributed by atoms with Crippen LogP contribution in [0.3, 0.4) is 0 Å². The van der Waals surface area contributed by atoms with Crippen LogP contribution >= 0.6 is 11.3 Å². The Bertz CT molecular complexity index is 1100. The minimum Gasteiger partial charge on any atom is -0.490 e. The molecule has 0 unspecified atom stereocenters. The summed E-state index contributed by atoms with van der Waals surface area (Å²) in [6.07, 6.45) is -0.0971. The lowest BCUT2D eigenvalue weighted by atomic mass is 10.2. The lowest BCUT2D eigenvalue weighted by Gasteiger charge is -2.13. The first kappa shape index (κ1) is 22.2. The number of amides is 1. The predicted molar refractivity (Wildman–Crippen MR) is 115 cm³/mol. The Morgan fingerprint density at radius 3 is 2.55 bits per heavy atom. The molecule has 31 heavy (non-hydrogen) atoms. The Morgan fingerprint density at radius 1 is 1.19 bits per heavy atom. The van der Waals surface area contributed by atoms with Crippen molar-refractivity contribution < 1.29 is 23.6 Å². The molecule has 0 saturated heterocycles. The Labute approximate surface area is 181 Å². The van der Waals surface area contributed by atoms with Crippen LogP contribution in [0.2, 0.25) is 0 Å². The molecule has 0 aliphatic rings. The molecule has 0 spiro atoms. The largest absolute Gasteiger partial charge is 0.490 e. The monoisotopic (exact) mass is 445 g/mol. The molecule has 162 valence electrons. The van der Waals surface area contributed by atoms with Crippen molar-refractivity contribution >= 4 is 28.6 Å². The first-order valence-electron chi connectivity index (χ1n) is 9.49. The zero-order chi connectivity index (χ0) is 22.4. The van der Waals surface area contributed by atoms with E-state index in [-0.39, 0.29) is 29.4 Å². The van der Waals surface area contributed by atoms with Crippen LogP contribution in [0, 0.1) is 15.9 Å². The number of ether oxygens (including phenoxy) is 2. The number of carbonyl (C=O) groups excluding carboxylic acids is 1. The summed E-state index contributed by atoms with van der Waals surface area (Å²) in [6, 6.07) is 8.62. The number of rotatable bonds is 9. The van der Waals surface area contributed by atoms with Crippen molar-refractivity contribution in [2.75, 3.05) is 18.5 Å². The molecule has 0 radical (unpaired) electrons. The van der Waals surface area contributed by atoms with Crippen LogP contribution in [-0.4, -0.2) is 29.0 Å². The molecule has 3 aromatic rings. The number of hydrogen-bond donors (Lipinski definition) is 1. The molecule has 3 rings (SSSR count). The SMILES string of the molecule is CCOc1cc(NC(=O)Cc2csc(-c3cccc(F)c3)n2)c([N+](=O)[O-])cc1OCC. The first-order chi connectivity index (χ1) is 14.9. The van der Waals surface area contributed by atoms with Gasteiger partial charge < -0.3 is 14.8 Å². The third-order valence-electron chi connectivity index (χ3n) is 4.10. The van der Waals surface area contributed by atoms with Crippen molar-refractivity contribution in [2.45, 2.75) is 20.3 Å². The van der Waals surface area contributed by atoms with Gasteiger partial charge in [0, 0.05) is 17.0 Å². The van der Waals surface area contributed by atoms with E-state index in [1.54, 1.807) is 31.4 Å². The lowest BCUT2D eigenvalue weighted by molar-refractivity contribution is -0.384. The average molecular weight is 445 g/mol. The number of nitrogens with one attached hydrogen (secondary N) is 1. The lowest BCUT2D eigenvalue weighted by Crippen LogP contribution is -2.16. The van der Waals surface area contributed by atoms with Gasteiger partial charge >= 0.3 is 0 Å². The second kappa shape index (κ2) is 9.98. The van der Waals surface area contributed by atoms with Crippen molar-refractivity contribution in [1.82, 2.24) is 4.98 Å². The molecule has 0 bridgehead atoms. The topological polar surface area (TPSA) is 104 Å². The standard InChI is InChI=1S/C21H20FN3O5S/c1-3-29-18-10-16(17(25(27)28)11-19(18)30-4-2)24-20(26)9-15-12-31-21(23-15)13-6-5-7-14(22)8-13/h5-8,10-12H,3-4,9H2,1-2H3,(H,24,26). The number of thiazole rings is 1. The summed E-state index contributed by atoms with van der Waals surface area (Å²) in [5.74, 6) is -0.328. The van der Waals surface area contributed by atoms with Crippen LogP contribution in [-0.2, 0) is 11.2 Å². The number of halogens is 1. The van der Waals surface area contributed by atoms with E-state index in [9.17, 15) is 19.3 Å². The molecule has 10 heteroatoms. The smallest absolute Gasteiger partial charge is 0.296 e. The van der Waals surface area contributed by atoms with Crippen molar-refractivity contribution in [3.05, 3.63) is 63.4 Å². The van der Waals surface area contributed by atoms with Gasteiger partial charge in [0.15, 0.2) is 11.5 Å². The van der Waals surface area contributed by atoms with E-state index in [2.05, 4.69) is 10.3 Å². The van der Waals surface area contributed by atoms with Gasteiger partial charge in [-0.05, 0) is 26.0 Å². The van der Waals surface area contributed by atoms with Crippen LogP contribution < -0.4 is 14.8 Å². The normalized spacial score (nSPS) is 10.5. The van der Waals surface area contributed by atoms with E-state index in [1.807, 2.05) is 0 Å². The molecule has 0 saturated carbocycles. The fourth-order valence-corrected chi connectivity index (χ4v) is 3.65. The molecule has 1 amide bonds. The third-order valence-corrected chi connectivity index (χ3v) is 5.04. The second-order valence-electron chi connectivity index (χ2n) is 6.32. The summed E-state index contributed by atoms with van der Waals surface area (Å²) in [5.41, 5.74) is 0.780. The van der Waals surface area contributed by atoms with Gasteiger partial charge in [0.05, 0.1) is 36.3 Å². The number of benzene rings is 2. The second-order valence-corrected chi connectivity index (χ2v) is 7.18. The van der Waals surface area contributed by atoms with Crippen LogP contribution in [0.1, 0.15) is 19.5 Å². The molecule has 0 atom stereocenters. The summed E-state index contributed by atoms with van der Waals surface area (Å²) in [6.45, 7) is 4.16. The summed E-state index contributed by atoms with van der Waals surface area (Å²) in [4.78, 5) is 27.8. The molecule has 0 fully saturated rings. The summed E-state index contributed by atoms with van der Waals surface area (Å²) in [5, 5.41) is 16.3. The molecule has 0 aliphatic heterocycles. The molecular formula is C21H20FN3O5S. The van der Waals surface area contributed by atoms with E-state index in [4.69, 9.17) is 9.47 Å². The minimum absolute atomic E-state index is 0.00230. The highest BCUT2D eigenvalue weighted by molar-refractivity contribution is 7.13. The Hall–Kier alpha value is -3.53. The third kappa shape index (κ3) is 5.54. The van der Waals surface area contributed by atoms with Crippen LogP contribution in [0.5, 0.6) is 11.5 Å². The molecule has 1 N–H and O–H groups in total. The van der Waals surface area contributed by atoms with Gasteiger partial charge in [-0.25, -0.2) is 9.37 Å². The summed E-state index contributed by atoms with van der Waals surface area (Å²) >= 11 is 1.28. The molecule has 2 aromatic carbocycles. The van der Waals surface area contributed by atoms with Gasteiger partial charge in [0.2, 0.25) is 5.91 Å². The number of hydrogen-bond acceptors (Lipinski definition) is 7. The number of aromatic nitrogens is 1. The van der Waals surface area contributed by atoms with Crippen molar-refractivity contribution in [3.8, 4) is 22.1 Å². The van der Waals surface area contributed by atoms with Gasteiger partial charge in [0.25, 0.3) is 5.69 Å². The van der Waals surface area contributed by atoms with Crippen molar-refractivity contribution in [1.29, 1.82) is 0 Å². The fourth-order valence-electron chi connectivity index (χ4n) is 2.84. The minimum atomic E-state index is -0.598.